The van der Waals surface area contributed by atoms with E-state index in [1.165, 1.54) is 0 Å². The van der Waals surface area contributed by atoms with Gasteiger partial charge in [-0.1, -0.05) is 55.1 Å². The zero-order valence-corrected chi connectivity index (χ0v) is 9.38. The Balaban J connectivity index is 2.43. The monoisotopic (exact) mass is 218 g/mol. The highest BCUT2D eigenvalue weighted by molar-refractivity contribution is 5.13. The van der Waals surface area contributed by atoms with Gasteiger partial charge in [0.15, 0.2) is 0 Å². The van der Waals surface area contributed by atoms with Gasteiger partial charge in [0.05, 0.1) is 12.7 Å². The van der Waals surface area contributed by atoms with Crippen molar-refractivity contribution in [1.82, 2.24) is 0 Å². The maximum absolute atomic E-state index is 8.89. The van der Waals surface area contributed by atoms with E-state index in [0.717, 1.165) is 5.56 Å². The van der Waals surface area contributed by atoms with Crippen LogP contribution in [0.3, 0.4) is 0 Å². The Morgan fingerprint density at radius 2 is 2.06 bits per heavy atom. The van der Waals surface area contributed by atoms with Crippen molar-refractivity contribution in [3.8, 4) is 0 Å². The summed E-state index contributed by atoms with van der Waals surface area (Å²) in [6, 6.07) is 9.99. The molecular formula is C14H18O2. The number of ether oxygens (including phenoxy) is 1. The van der Waals surface area contributed by atoms with Gasteiger partial charge in [0, 0.05) is 13.0 Å². The number of hydrogen-bond donors (Lipinski definition) is 1. The summed E-state index contributed by atoms with van der Waals surface area (Å²) in [6.45, 7) is 4.29. The summed E-state index contributed by atoms with van der Waals surface area (Å²) >= 11 is 0. The number of rotatable bonds is 7. The second-order valence-electron chi connectivity index (χ2n) is 3.47. The van der Waals surface area contributed by atoms with Gasteiger partial charge in [-0.05, 0) is 5.56 Å². The van der Waals surface area contributed by atoms with Crippen LogP contribution in [-0.2, 0) is 11.3 Å². The molecule has 1 atom stereocenters. The molecule has 0 fully saturated rings. The summed E-state index contributed by atoms with van der Waals surface area (Å²) in [6.07, 6.45) is 6.01. The third-order valence-corrected chi connectivity index (χ3v) is 2.18. The minimum atomic E-state index is -0.0526. The van der Waals surface area contributed by atoms with Crippen LogP contribution in [0.15, 0.2) is 55.1 Å². The highest BCUT2D eigenvalue weighted by Crippen LogP contribution is 2.07. The molecule has 1 rings (SSSR count). The standard InChI is InChI=1S/C14H18O2/c1-2-3-9-14(10-11-15)16-12-13-7-5-4-6-8-13/h2-9,14-15H,1,10-12H2/b9-3+. The summed E-state index contributed by atoms with van der Waals surface area (Å²) in [7, 11) is 0. The van der Waals surface area contributed by atoms with E-state index in [1.807, 2.05) is 42.5 Å². The molecule has 0 aliphatic carbocycles. The van der Waals surface area contributed by atoms with Gasteiger partial charge in [-0.3, -0.25) is 0 Å². The van der Waals surface area contributed by atoms with E-state index < -0.39 is 0 Å². The molecule has 1 aromatic rings. The largest absolute Gasteiger partial charge is 0.396 e. The van der Waals surface area contributed by atoms with Crippen LogP contribution in [0, 0.1) is 0 Å². The fourth-order valence-electron chi connectivity index (χ4n) is 1.34. The third-order valence-electron chi connectivity index (χ3n) is 2.18. The summed E-state index contributed by atoms with van der Waals surface area (Å²) in [5, 5.41) is 8.89. The van der Waals surface area contributed by atoms with Crippen molar-refractivity contribution in [2.24, 2.45) is 0 Å². The van der Waals surface area contributed by atoms with Gasteiger partial charge in [0.1, 0.15) is 0 Å². The van der Waals surface area contributed by atoms with Crippen molar-refractivity contribution in [1.29, 1.82) is 0 Å². The van der Waals surface area contributed by atoms with Crippen LogP contribution in [0.1, 0.15) is 12.0 Å². The lowest BCUT2D eigenvalue weighted by atomic mass is 10.2. The zero-order valence-electron chi connectivity index (χ0n) is 9.38. The van der Waals surface area contributed by atoms with E-state index in [9.17, 15) is 0 Å². The van der Waals surface area contributed by atoms with Gasteiger partial charge >= 0.3 is 0 Å². The maximum Gasteiger partial charge on any atom is 0.0785 e. The maximum atomic E-state index is 8.89. The quantitative estimate of drug-likeness (QED) is 0.713. The molecule has 2 nitrogen and oxygen atoms in total. The molecule has 0 heterocycles. The van der Waals surface area contributed by atoms with Gasteiger partial charge in [-0.2, -0.15) is 0 Å². The van der Waals surface area contributed by atoms with Gasteiger partial charge in [-0.15, -0.1) is 0 Å². The molecule has 0 aliphatic heterocycles. The van der Waals surface area contributed by atoms with E-state index in [1.54, 1.807) is 6.08 Å². The van der Waals surface area contributed by atoms with Crippen LogP contribution in [0.4, 0.5) is 0 Å². The van der Waals surface area contributed by atoms with Crippen molar-refractivity contribution in [3.63, 3.8) is 0 Å². The summed E-state index contributed by atoms with van der Waals surface area (Å²) < 4.78 is 5.68. The van der Waals surface area contributed by atoms with Crippen molar-refractivity contribution in [3.05, 3.63) is 60.7 Å². The molecule has 1 unspecified atom stereocenters. The molecule has 0 saturated heterocycles. The lowest BCUT2D eigenvalue weighted by molar-refractivity contribution is 0.0544. The van der Waals surface area contributed by atoms with E-state index in [2.05, 4.69) is 6.58 Å². The summed E-state index contributed by atoms with van der Waals surface area (Å²) in [5.41, 5.74) is 1.14. The average Bonchev–Trinajstić information content (AvgIpc) is 2.34. The number of benzene rings is 1. The Bertz CT molecular complexity index is 317. The Kier molecular flexibility index (Phi) is 6.23. The first kappa shape index (κ1) is 12.7. The molecule has 0 aliphatic rings. The van der Waals surface area contributed by atoms with Crippen LogP contribution < -0.4 is 0 Å². The smallest absolute Gasteiger partial charge is 0.0785 e. The molecule has 0 spiro atoms. The Labute approximate surface area is 96.9 Å². The molecule has 0 amide bonds. The van der Waals surface area contributed by atoms with Crippen LogP contribution in [0.2, 0.25) is 0 Å². The van der Waals surface area contributed by atoms with Gasteiger partial charge in [-0.25, -0.2) is 0 Å². The van der Waals surface area contributed by atoms with Crippen LogP contribution in [0.25, 0.3) is 0 Å². The number of hydrogen-bond acceptors (Lipinski definition) is 2. The fourth-order valence-corrected chi connectivity index (χ4v) is 1.34. The molecule has 16 heavy (non-hydrogen) atoms. The highest BCUT2D eigenvalue weighted by Gasteiger charge is 2.03. The van der Waals surface area contributed by atoms with Gasteiger partial charge < -0.3 is 9.84 Å². The second-order valence-corrected chi connectivity index (χ2v) is 3.47. The minimum Gasteiger partial charge on any atom is -0.396 e. The normalized spacial score (nSPS) is 12.8. The molecule has 0 bridgehead atoms. The number of aliphatic hydroxyl groups excluding tert-OH is 1. The first-order valence-electron chi connectivity index (χ1n) is 5.42. The predicted octanol–water partition coefficient (Wildman–Crippen LogP) is 2.70. The lowest BCUT2D eigenvalue weighted by Gasteiger charge is -2.12. The van der Waals surface area contributed by atoms with E-state index in [4.69, 9.17) is 9.84 Å². The molecule has 1 aromatic carbocycles. The molecule has 1 N–H and O–H groups in total. The van der Waals surface area contributed by atoms with E-state index in [0.29, 0.717) is 13.0 Å². The average molecular weight is 218 g/mol. The van der Waals surface area contributed by atoms with Crippen molar-refractivity contribution in [2.75, 3.05) is 6.61 Å². The minimum absolute atomic E-state index is 0.0526. The molecule has 2 heteroatoms. The molecule has 86 valence electrons. The van der Waals surface area contributed by atoms with Crippen LogP contribution >= 0.6 is 0 Å². The summed E-state index contributed by atoms with van der Waals surface area (Å²) in [5.74, 6) is 0. The molecular weight excluding hydrogens is 200 g/mol. The Hall–Kier alpha value is -1.38. The van der Waals surface area contributed by atoms with Crippen molar-refractivity contribution in [2.45, 2.75) is 19.1 Å². The Morgan fingerprint density at radius 3 is 2.69 bits per heavy atom. The third kappa shape index (κ3) is 4.91. The van der Waals surface area contributed by atoms with Gasteiger partial charge in [0.2, 0.25) is 0 Å². The first-order chi connectivity index (χ1) is 7.86. The summed E-state index contributed by atoms with van der Waals surface area (Å²) in [4.78, 5) is 0. The van der Waals surface area contributed by atoms with Gasteiger partial charge in [0.25, 0.3) is 0 Å². The highest BCUT2D eigenvalue weighted by atomic mass is 16.5. The molecule has 0 aromatic heterocycles. The van der Waals surface area contributed by atoms with E-state index in [-0.39, 0.29) is 12.7 Å². The molecule has 0 radical (unpaired) electrons. The van der Waals surface area contributed by atoms with Crippen molar-refractivity contribution < 1.29 is 9.84 Å². The molecule has 0 saturated carbocycles. The fraction of sp³-hybridized carbons (Fsp3) is 0.286. The predicted molar refractivity (Wildman–Crippen MR) is 66.1 cm³/mol. The van der Waals surface area contributed by atoms with Crippen LogP contribution in [0.5, 0.6) is 0 Å². The SMILES string of the molecule is C=C/C=C/C(CCO)OCc1ccccc1. The second kappa shape index (κ2) is 7.85. The number of allylic oxidation sites excluding steroid dienone is 2. The lowest BCUT2D eigenvalue weighted by Crippen LogP contribution is -2.11. The van der Waals surface area contributed by atoms with Crippen LogP contribution in [-0.4, -0.2) is 17.8 Å². The van der Waals surface area contributed by atoms with E-state index >= 15 is 0 Å². The first-order valence-corrected chi connectivity index (χ1v) is 5.42. The Morgan fingerprint density at radius 1 is 1.31 bits per heavy atom. The number of aliphatic hydroxyl groups is 1. The zero-order chi connectivity index (χ0) is 11.6. The topological polar surface area (TPSA) is 29.5 Å². The van der Waals surface area contributed by atoms with Crippen molar-refractivity contribution >= 4 is 0 Å².